The lowest BCUT2D eigenvalue weighted by Gasteiger charge is -2.00. The van der Waals surface area contributed by atoms with Crippen LogP contribution in [-0.4, -0.2) is 11.1 Å². The highest BCUT2D eigenvalue weighted by Crippen LogP contribution is 2.34. The van der Waals surface area contributed by atoms with Gasteiger partial charge in [-0.3, -0.25) is 10.1 Å². The number of amides is 1. The predicted molar refractivity (Wildman–Crippen MR) is 52.0 cm³/mol. The lowest BCUT2D eigenvalue weighted by molar-refractivity contribution is -0.114. The largest absolute Gasteiger partial charge is 0.338 e. The highest BCUT2D eigenvalue weighted by molar-refractivity contribution is 5.87. The maximum atomic E-state index is 10.7. The van der Waals surface area contributed by atoms with Gasteiger partial charge in [0.25, 0.3) is 0 Å². The second-order valence-electron chi connectivity index (χ2n) is 3.78. The molecular formula is C10H14N2O2. The molecule has 1 amide bonds. The quantitative estimate of drug-likeness (QED) is 0.785. The van der Waals surface area contributed by atoms with E-state index in [0.717, 1.165) is 5.69 Å². The maximum Gasteiger partial charge on any atom is 0.231 e. The van der Waals surface area contributed by atoms with Gasteiger partial charge in [-0.25, -0.2) is 0 Å². The Morgan fingerprint density at radius 3 is 2.93 bits per heavy atom. The number of carbonyl (C=O) groups excluding carboxylic acids is 1. The molecule has 1 saturated carbocycles. The molecule has 0 unspecified atom stereocenters. The zero-order valence-corrected chi connectivity index (χ0v) is 8.25. The molecule has 0 spiro atoms. The van der Waals surface area contributed by atoms with E-state index in [2.05, 4.69) is 10.5 Å². The molecule has 0 bridgehead atoms. The van der Waals surface area contributed by atoms with Gasteiger partial charge >= 0.3 is 0 Å². The molecule has 1 heterocycles. The van der Waals surface area contributed by atoms with Crippen LogP contribution in [0, 0.1) is 0 Å². The topological polar surface area (TPSA) is 55.1 Å². The van der Waals surface area contributed by atoms with Crippen LogP contribution in [0.1, 0.15) is 44.2 Å². The van der Waals surface area contributed by atoms with Crippen molar-refractivity contribution in [1.29, 1.82) is 0 Å². The van der Waals surface area contributed by atoms with Crippen LogP contribution in [0.2, 0.25) is 0 Å². The van der Waals surface area contributed by atoms with Gasteiger partial charge in [-0.2, -0.15) is 0 Å². The van der Waals surface area contributed by atoms with Crippen LogP contribution < -0.4 is 5.32 Å². The van der Waals surface area contributed by atoms with Crippen molar-refractivity contribution in [2.75, 3.05) is 5.32 Å². The van der Waals surface area contributed by atoms with E-state index in [9.17, 15) is 4.79 Å². The van der Waals surface area contributed by atoms with Crippen molar-refractivity contribution in [3.8, 4) is 0 Å². The summed E-state index contributed by atoms with van der Waals surface area (Å²) in [6.45, 7) is 1.46. The second kappa shape index (κ2) is 3.82. The molecule has 2 rings (SSSR count). The van der Waals surface area contributed by atoms with Crippen molar-refractivity contribution in [1.82, 2.24) is 5.16 Å². The van der Waals surface area contributed by atoms with Gasteiger partial charge in [-0.1, -0.05) is 18.0 Å². The molecule has 1 fully saturated rings. The van der Waals surface area contributed by atoms with Crippen LogP contribution in [-0.2, 0) is 4.79 Å². The Labute approximate surface area is 82.7 Å². The third kappa shape index (κ3) is 1.95. The molecule has 0 atom stereocenters. The van der Waals surface area contributed by atoms with Gasteiger partial charge in [0, 0.05) is 18.9 Å². The average Bonchev–Trinajstić information content (AvgIpc) is 2.69. The number of anilines is 1. The van der Waals surface area contributed by atoms with E-state index >= 15 is 0 Å². The van der Waals surface area contributed by atoms with E-state index in [0.29, 0.717) is 11.8 Å². The molecule has 1 N–H and O–H groups in total. The molecule has 1 aliphatic rings. The highest BCUT2D eigenvalue weighted by Gasteiger charge is 2.20. The zero-order chi connectivity index (χ0) is 9.97. The van der Waals surface area contributed by atoms with Crippen molar-refractivity contribution in [3.63, 3.8) is 0 Å². The molecular weight excluding hydrogens is 180 g/mol. The normalized spacial score (nSPS) is 17.2. The Kier molecular flexibility index (Phi) is 2.52. The standard InChI is InChI=1S/C10H14N2O2/c1-7(13)11-10-6-9(12-14-10)8-4-2-3-5-8/h6,8H,2-5H2,1H3,(H,11,13). The van der Waals surface area contributed by atoms with Crippen LogP contribution in [0.25, 0.3) is 0 Å². The van der Waals surface area contributed by atoms with Gasteiger partial charge in [0.15, 0.2) is 0 Å². The van der Waals surface area contributed by atoms with Gasteiger partial charge in [0.1, 0.15) is 0 Å². The van der Waals surface area contributed by atoms with Crippen LogP contribution in [0.3, 0.4) is 0 Å². The number of rotatable bonds is 2. The van der Waals surface area contributed by atoms with E-state index < -0.39 is 0 Å². The SMILES string of the molecule is CC(=O)Nc1cc(C2CCCC2)no1. The fraction of sp³-hybridized carbons (Fsp3) is 0.600. The molecule has 0 radical (unpaired) electrons. The number of nitrogens with zero attached hydrogens (tertiary/aromatic N) is 1. The Morgan fingerprint density at radius 1 is 1.57 bits per heavy atom. The minimum absolute atomic E-state index is 0.126. The summed E-state index contributed by atoms with van der Waals surface area (Å²) in [6, 6.07) is 1.83. The Morgan fingerprint density at radius 2 is 2.29 bits per heavy atom. The number of aromatic nitrogens is 1. The maximum absolute atomic E-state index is 10.7. The molecule has 14 heavy (non-hydrogen) atoms. The molecule has 0 saturated heterocycles. The summed E-state index contributed by atoms with van der Waals surface area (Å²) in [5, 5.41) is 6.54. The molecule has 76 valence electrons. The van der Waals surface area contributed by atoms with Crippen molar-refractivity contribution in [2.24, 2.45) is 0 Å². The average molecular weight is 194 g/mol. The third-order valence-corrected chi connectivity index (χ3v) is 2.60. The van der Waals surface area contributed by atoms with Crippen molar-refractivity contribution < 1.29 is 9.32 Å². The fourth-order valence-electron chi connectivity index (χ4n) is 1.94. The summed E-state index contributed by atoms with van der Waals surface area (Å²) in [5.74, 6) is 0.861. The van der Waals surface area contributed by atoms with Gasteiger partial charge in [0.05, 0.1) is 5.69 Å². The van der Waals surface area contributed by atoms with Crippen LogP contribution in [0.4, 0.5) is 5.88 Å². The number of carbonyl (C=O) groups is 1. The van der Waals surface area contributed by atoms with E-state index in [-0.39, 0.29) is 5.91 Å². The number of hydrogen-bond donors (Lipinski definition) is 1. The predicted octanol–water partition coefficient (Wildman–Crippen LogP) is 2.29. The molecule has 1 aromatic rings. The van der Waals surface area contributed by atoms with Gasteiger partial charge < -0.3 is 4.52 Å². The Bertz CT molecular complexity index is 327. The summed E-state index contributed by atoms with van der Waals surface area (Å²) in [7, 11) is 0. The minimum atomic E-state index is -0.126. The lowest BCUT2D eigenvalue weighted by atomic mass is 10.0. The van der Waals surface area contributed by atoms with Gasteiger partial charge in [-0.15, -0.1) is 0 Å². The zero-order valence-electron chi connectivity index (χ0n) is 8.25. The van der Waals surface area contributed by atoms with Crippen LogP contribution >= 0.6 is 0 Å². The highest BCUT2D eigenvalue weighted by atomic mass is 16.5. The third-order valence-electron chi connectivity index (χ3n) is 2.60. The summed E-state index contributed by atoms with van der Waals surface area (Å²) in [4.78, 5) is 10.7. The van der Waals surface area contributed by atoms with E-state index in [1.54, 1.807) is 0 Å². The Balaban J connectivity index is 2.05. The number of hydrogen-bond acceptors (Lipinski definition) is 3. The van der Waals surface area contributed by atoms with Crippen LogP contribution in [0.15, 0.2) is 10.6 Å². The van der Waals surface area contributed by atoms with Crippen LogP contribution in [0.5, 0.6) is 0 Å². The molecule has 4 heteroatoms. The minimum Gasteiger partial charge on any atom is -0.338 e. The molecule has 0 aromatic carbocycles. The summed E-state index contributed by atoms with van der Waals surface area (Å²) >= 11 is 0. The first-order valence-electron chi connectivity index (χ1n) is 5.00. The molecule has 0 aliphatic heterocycles. The fourth-order valence-corrected chi connectivity index (χ4v) is 1.94. The van der Waals surface area contributed by atoms with Gasteiger partial charge in [-0.05, 0) is 12.8 Å². The Hall–Kier alpha value is -1.32. The summed E-state index contributed by atoms with van der Waals surface area (Å²) in [6.07, 6.45) is 4.91. The first-order valence-corrected chi connectivity index (χ1v) is 5.00. The van der Waals surface area contributed by atoms with E-state index in [4.69, 9.17) is 4.52 Å². The first kappa shape index (κ1) is 9.24. The van der Waals surface area contributed by atoms with Crippen molar-refractivity contribution in [3.05, 3.63) is 11.8 Å². The monoisotopic (exact) mass is 194 g/mol. The first-order chi connectivity index (χ1) is 6.75. The molecule has 1 aliphatic carbocycles. The van der Waals surface area contributed by atoms with Crippen molar-refractivity contribution >= 4 is 11.8 Å². The van der Waals surface area contributed by atoms with E-state index in [1.807, 2.05) is 6.07 Å². The molecule has 4 nitrogen and oxygen atoms in total. The summed E-state index contributed by atoms with van der Waals surface area (Å²) in [5.41, 5.74) is 0.978. The summed E-state index contributed by atoms with van der Waals surface area (Å²) < 4.78 is 5.01. The van der Waals surface area contributed by atoms with Crippen molar-refractivity contribution in [2.45, 2.75) is 38.5 Å². The second-order valence-corrected chi connectivity index (χ2v) is 3.78. The smallest absolute Gasteiger partial charge is 0.231 e. The number of nitrogens with one attached hydrogen (secondary N) is 1. The van der Waals surface area contributed by atoms with Gasteiger partial charge in [0.2, 0.25) is 11.8 Å². The lowest BCUT2D eigenvalue weighted by Crippen LogP contribution is -2.04. The molecule has 1 aromatic heterocycles. The van der Waals surface area contributed by atoms with E-state index in [1.165, 1.54) is 32.6 Å².